The first-order valence-corrected chi connectivity index (χ1v) is 11.0. The van der Waals surface area contributed by atoms with Gasteiger partial charge in [0.05, 0.1) is 5.56 Å². The molecule has 0 aliphatic heterocycles. The maximum absolute atomic E-state index is 13.1. The van der Waals surface area contributed by atoms with Gasteiger partial charge in [-0.05, 0) is 62.6 Å². The maximum Gasteiger partial charge on any atom is 0.265 e. The average molecular weight is 442 g/mol. The van der Waals surface area contributed by atoms with Crippen LogP contribution in [0.15, 0.2) is 71.1 Å². The summed E-state index contributed by atoms with van der Waals surface area (Å²) in [5, 5.41) is 11.4. The molecule has 6 heteroatoms. The highest BCUT2D eigenvalue weighted by Crippen LogP contribution is 2.32. The number of carbonyl (C=O) groups excluding carboxylic acids is 1. The molecule has 33 heavy (non-hydrogen) atoms. The van der Waals surface area contributed by atoms with Gasteiger partial charge in [0.2, 0.25) is 5.89 Å². The molecule has 0 radical (unpaired) electrons. The van der Waals surface area contributed by atoms with Crippen molar-refractivity contribution in [2.45, 2.75) is 40.2 Å². The number of para-hydroxylation sites is 1. The lowest BCUT2D eigenvalue weighted by atomic mass is 10.0. The molecule has 0 saturated heterocycles. The Kier molecular flexibility index (Phi) is 6.54. The van der Waals surface area contributed by atoms with E-state index in [1.165, 1.54) is 0 Å². The second-order valence-corrected chi connectivity index (χ2v) is 8.05. The Morgan fingerprint density at radius 2 is 1.58 bits per heavy atom. The van der Waals surface area contributed by atoms with Crippen molar-refractivity contribution in [3.05, 3.63) is 83.4 Å². The van der Waals surface area contributed by atoms with Crippen molar-refractivity contribution in [3.63, 3.8) is 0 Å². The van der Waals surface area contributed by atoms with Crippen LogP contribution >= 0.6 is 0 Å². The minimum atomic E-state index is -0.678. The van der Waals surface area contributed by atoms with Gasteiger partial charge >= 0.3 is 0 Å². The fourth-order valence-electron chi connectivity index (χ4n) is 3.83. The van der Waals surface area contributed by atoms with Gasteiger partial charge in [0, 0.05) is 11.3 Å². The standard InChI is InChI=1S/C27H27N3O3/c1-5-22(25(31)28-24-18(3)15-17(2)16-19(24)4)32-23-14-10-9-13-21(23)27-30-29-26(33-27)20-11-7-6-8-12-20/h6-16,22H,5H2,1-4H3,(H,28,31)/t22-/m0/s1. The highest BCUT2D eigenvalue weighted by molar-refractivity contribution is 5.95. The van der Waals surface area contributed by atoms with Crippen LogP contribution in [0.5, 0.6) is 5.75 Å². The molecule has 4 rings (SSSR count). The Morgan fingerprint density at radius 3 is 2.27 bits per heavy atom. The van der Waals surface area contributed by atoms with Gasteiger partial charge in [0.15, 0.2) is 6.10 Å². The monoisotopic (exact) mass is 441 g/mol. The van der Waals surface area contributed by atoms with Crippen LogP contribution in [0.25, 0.3) is 22.9 Å². The van der Waals surface area contributed by atoms with Gasteiger partial charge in [-0.1, -0.05) is 55.0 Å². The summed E-state index contributed by atoms with van der Waals surface area (Å²) < 4.78 is 12.1. The molecule has 0 fully saturated rings. The number of nitrogens with one attached hydrogen (secondary N) is 1. The first-order valence-electron chi connectivity index (χ1n) is 11.0. The zero-order valence-electron chi connectivity index (χ0n) is 19.3. The molecule has 4 aromatic rings. The zero-order chi connectivity index (χ0) is 23.4. The lowest BCUT2D eigenvalue weighted by Gasteiger charge is -2.20. The van der Waals surface area contributed by atoms with Crippen LogP contribution in [0.2, 0.25) is 0 Å². The molecule has 1 atom stereocenters. The van der Waals surface area contributed by atoms with E-state index >= 15 is 0 Å². The van der Waals surface area contributed by atoms with Gasteiger partial charge in [0.1, 0.15) is 5.75 Å². The molecule has 1 amide bonds. The fourth-order valence-corrected chi connectivity index (χ4v) is 3.83. The molecule has 1 aromatic heterocycles. The molecule has 0 unspecified atom stereocenters. The van der Waals surface area contributed by atoms with E-state index in [2.05, 4.69) is 27.6 Å². The summed E-state index contributed by atoms with van der Waals surface area (Å²) in [6.07, 6.45) is -0.175. The predicted octanol–water partition coefficient (Wildman–Crippen LogP) is 6.12. The minimum absolute atomic E-state index is 0.196. The number of aromatic nitrogens is 2. The molecule has 0 aliphatic rings. The smallest absolute Gasteiger partial charge is 0.265 e. The quantitative estimate of drug-likeness (QED) is 0.374. The van der Waals surface area contributed by atoms with Crippen LogP contribution in [0.1, 0.15) is 30.0 Å². The number of hydrogen-bond acceptors (Lipinski definition) is 5. The van der Waals surface area contributed by atoms with E-state index in [-0.39, 0.29) is 5.91 Å². The maximum atomic E-state index is 13.1. The van der Waals surface area contributed by atoms with Gasteiger partial charge in [0.25, 0.3) is 11.8 Å². The molecule has 0 bridgehead atoms. The number of rotatable bonds is 7. The van der Waals surface area contributed by atoms with Gasteiger partial charge in [-0.15, -0.1) is 10.2 Å². The number of ether oxygens (including phenoxy) is 1. The predicted molar refractivity (Wildman–Crippen MR) is 129 cm³/mol. The van der Waals surface area contributed by atoms with E-state index in [1.54, 1.807) is 6.07 Å². The van der Waals surface area contributed by atoms with Crippen molar-refractivity contribution in [1.82, 2.24) is 10.2 Å². The molecule has 0 aliphatic carbocycles. The van der Waals surface area contributed by atoms with E-state index in [0.717, 1.165) is 27.9 Å². The van der Waals surface area contributed by atoms with Crippen LogP contribution in [-0.4, -0.2) is 22.2 Å². The number of anilines is 1. The zero-order valence-corrected chi connectivity index (χ0v) is 19.3. The third-order valence-electron chi connectivity index (χ3n) is 5.42. The second kappa shape index (κ2) is 9.69. The summed E-state index contributed by atoms with van der Waals surface area (Å²) in [4.78, 5) is 13.1. The first kappa shape index (κ1) is 22.3. The Labute approximate surface area is 193 Å². The Hall–Kier alpha value is -3.93. The van der Waals surface area contributed by atoms with Crippen molar-refractivity contribution in [2.75, 3.05) is 5.32 Å². The third-order valence-corrected chi connectivity index (χ3v) is 5.42. The molecular formula is C27H27N3O3. The Bertz CT molecular complexity index is 1240. The van der Waals surface area contributed by atoms with Crippen molar-refractivity contribution in [1.29, 1.82) is 0 Å². The van der Waals surface area contributed by atoms with E-state index in [9.17, 15) is 4.79 Å². The lowest BCUT2D eigenvalue weighted by molar-refractivity contribution is -0.122. The Morgan fingerprint density at radius 1 is 0.939 bits per heavy atom. The lowest BCUT2D eigenvalue weighted by Crippen LogP contribution is -2.33. The molecule has 6 nitrogen and oxygen atoms in total. The first-order chi connectivity index (χ1) is 16.0. The van der Waals surface area contributed by atoms with Crippen LogP contribution in [0.3, 0.4) is 0 Å². The van der Waals surface area contributed by atoms with Gasteiger partial charge in [-0.2, -0.15) is 0 Å². The topological polar surface area (TPSA) is 77.2 Å². The number of amides is 1. The average Bonchev–Trinajstić information content (AvgIpc) is 3.30. The largest absolute Gasteiger partial charge is 0.480 e. The molecular weight excluding hydrogens is 414 g/mol. The molecule has 168 valence electrons. The van der Waals surface area contributed by atoms with Crippen molar-refractivity contribution >= 4 is 11.6 Å². The van der Waals surface area contributed by atoms with Gasteiger partial charge in [-0.3, -0.25) is 4.79 Å². The number of carbonyl (C=O) groups is 1. The summed E-state index contributed by atoms with van der Waals surface area (Å²) in [5.74, 6) is 1.08. The third kappa shape index (κ3) is 4.95. The summed E-state index contributed by atoms with van der Waals surface area (Å²) in [6, 6.07) is 21.1. The van der Waals surface area contributed by atoms with Crippen LogP contribution in [-0.2, 0) is 4.79 Å². The normalized spacial score (nSPS) is 11.8. The van der Waals surface area contributed by atoms with Gasteiger partial charge in [-0.25, -0.2) is 0 Å². The summed E-state index contributed by atoms with van der Waals surface area (Å²) in [7, 11) is 0. The highest BCUT2D eigenvalue weighted by atomic mass is 16.5. The summed E-state index contributed by atoms with van der Waals surface area (Å²) in [5.41, 5.74) is 5.51. The number of benzene rings is 3. The van der Waals surface area contributed by atoms with Crippen molar-refractivity contribution < 1.29 is 13.9 Å². The van der Waals surface area contributed by atoms with Gasteiger partial charge < -0.3 is 14.5 Å². The molecule has 1 heterocycles. The second-order valence-electron chi connectivity index (χ2n) is 8.05. The fraction of sp³-hybridized carbons (Fsp3) is 0.222. The van der Waals surface area contributed by atoms with Crippen molar-refractivity contribution in [2.24, 2.45) is 0 Å². The molecule has 0 spiro atoms. The molecule has 1 N–H and O–H groups in total. The number of nitrogens with zero attached hydrogens (tertiary/aromatic N) is 2. The SMILES string of the molecule is CC[C@H](Oc1ccccc1-c1nnc(-c2ccccc2)o1)C(=O)Nc1c(C)cc(C)cc1C. The molecule has 3 aromatic carbocycles. The van der Waals surface area contributed by atoms with Crippen LogP contribution in [0.4, 0.5) is 5.69 Å². The van der Waals surface area contributed by atoms with E-state index in [1.807, 2.05) is 76.2 Å². The number of aryl methyl sites for hydroxylation is 3. The summed E-state index contributed by atoms with van der Waals surface area (Å²) in [6.45, 7) is 7.95. The van der Waals surface area contributed by atoms with Crippen LogP contribution < -0.4 is 10.1 Å². The van der Waals surface area contributed by atoms with E-state index < -0.39 is 6.10 Å². The van der Waals surface area contributed by atoms with Crippen LogP contribution in [0, 0.1) is 20.8 Å². The van der Waals surface area contributed by atoms with Crippen molar-refractivity contribution in [3.8, 4) is 28.7 Å². The number of hydrogen-bond donors (Lipinski definition) is 1. The van der Waals surface area contributed by atoms with E-state index in [0.29, 0.717) is 29.5 Å². The Balaban J connectivity index is 1.57. The minimum Gasteiger partial charge on any atom is -0.480 e. The summed E-state index contributed by atoms with van der Waals surface area (Å²) >= 11 is 0. The molecule has 0 saturated carbocycles. The van der Waals surface area contributed by atoms with E-state index in [4.69, 9.17) is 9.15 Å². The highest BCUT2D eigenvalue weighted by Gasteiger charge is 2.23.